The minimum absolute atomic E-state index is 0.199. The maximum Gasteiger partial charge on any atom is 0.325 e. The Hall–Kier alpha value is -1.45. The summed E-state index contributed by atoms with van der Waals surface area (Å²) in [5.74, 6) is 0.392. The van der Waals surface area contributed by atoms with Crippen molar-refractivity contribution in [3.05, 3.63) is 27.0 Å². The molecule has 112 valence electrons. The molecule has 1 fully saturated rings. The van der Waals surface area contributed by atoms with Gasteiger partial charge in [0.05, 0.1) is 0 Å². The van der Waals surface area contributed by atoms with Crippen LogP contribution in [0, 0.1) is 5.92 Å². The number of nitrogens with one attached hydrogen (secondary N) is 2. The van der Waals surface area contributed by atoms with Gasteiger partial charge in [0.2, 0.25) is 10.0 Å². The van der Waals surface area contributed by atoms with Crippen LogP contribution in [0.15, 0.2) is 20.7 Å². The Morgan fingerprint density at radius 2 is 2.15 bits per heavy atom. The van der Waals surface area contributed by atoms with Gasteiger partial charge in [0, 0.05) is 25.3 Å². The highest BCUT2D eigenvalue weighted by molar-refractivity contribution is 7.89. The average Bonchev–Trinajstić information content (AvgIpc) is 2.37. The Morgan fingerprint density at radius 1 is 1.45 bits per heavy atom. The van der Waals surface area contributed by atoms with Crippen molar-refractivity contribution in [2.45, 2.75) is 30.7 Å². The first-order valence-corrected chi connectivity index (χ1v) is 7.84. The summed E-state index contributed by atoms with van der Waals surface area (Å²) in [5.41, 5.74) is 3.99. The molecule has 2 rings (SSSR count). The van der Waals surface area contributed by atoms with E-state index in [1.54, 1.807) is 0 Å². The quantitative estimate of drug-likeness (QED) is 0.646. The van der Waals surface area contributed by atoms with E-state index in [1.807, 2.05) is 11.9 Å². The van der Waals surface area contributed by atoms with Crippen LogP contribution < -0.4 is 17.0 Å². The third kappa shape index (κ3) is 2.69. The molecule has 0 saturated carbocycles. The van der Waals surface area contributed by atoms with Crippen LogP contribution in [0.2, 0.25) is 0 Å². The van der Waals surface area contributed by atoms with Gasteiger partial charge in [0.25, 0.3) is 5.56 Å². The zero-order valence-electron chi connectivity index (χ0n) is 11.1. The molecular formula is C11H18N4O4S. The van der Waals surface area contributed by atoms with Gasteiger partial charge in [-0.1, -0.05) is 6.92 Å². The van der Waals surface area contributed by atoms with Gasteiger partial charge in [-0.3, -0.25) is 9.78 Å². The molecule has 1 aromatic heterocycles. The molecule has 1 aliphatic heterocycles. The van der Waals surface area contributed by atoms with Crippen LogP contribution in [0.4, 0.5) is 0 Å². The molecule has 0 bridgehead atoms. The minimum Gasteiger partial charge on any atom is -0.329 e. The van der Waals surface area contributed by atoms with Gasteiger partial charge in [-0.05, 0) is 18.8 Å². The summed E-state index contributed by atoms with van der Waals surface area (Å²) in [6, 6.07) is -0.324. The lowest BCUT2D eigenvalue weighted by molar-refractivity contribution is 0.211. The predicted octanol–water partition coefficient (Wildman–Crippen LogP) is -1.19. The van der Waals surface area contributed by atoms with Crippen molar-refractivity contribution in [3.63, 3.8) is 0 Å². The maximum atomic E-state index is 12.5. The third-order valence-electron chi connectivity index (χ3n) is 3.57. The van der Waals surface area contributed by atoms with E-state index < -0.39 is 26.2 Å². The number of sulfonamides is 1. The van der Waals surface area contributed by atoms with Crippen LogP contribution in [-0.4, -0.2) is 41.8 Å². The molecule has 9 heteroatoms. The van der Waals surface area contributed by atoms with Gasteiger partial charge in [0.15, 0.2) is 4.90 Å². The van der Waals surface area contributed by atoms with Crippen molar-refractivity contribution < 1.29 is 8.42 Å². The van der Waals surface area contributed by atoms with Crippen LogP contribution in [0.3, 0.4) is 0 Å². The van der Waals surface area contributed by atoms with Crippen LogP contribution in [0.5, 0.6) is 0 Å². The normalized spacial score (nSPS) is 24.7. The lowest BCUT2D eigenvalue weighted by Crippen LogP contribution is -2.50. The first-order valence-electron chi connectivity index (χ1n) is 6.40. The molecule has 0 aromatic carbocycles. The van der Waals surface area contributed by atoms with Gasteiger partial charge in [0.1, 0.15) is 0 Å². The van der Waals surface area contributed by atoms with E-state index in [9.17, 15) is 18.0 Å². The monoisotopic (exact) mass is 302 g/mol. The number of piperidine rings is 1. The summed E-state index contributed by atoms with van der Waals surface area (Å²) in [7, 11) is -3.95. The molecule has 0 amide bonds. The summed E-state index contributed by atoms with van der Waals surface area (Å²) in [5, 5.41) is 0. The molecule has 0 spiro atoms. The summed E-state index contributed by atoms with van der Waals surface area (Å²) in [4.78, 5) is 26.3. The average molecular weight is 302 g/mol. The number of aromatic amines is 2. The van der Waals surface area contributed by atoms with Gasteiger partial charge in [-0.15, -0.1) is 0 Å². The second-order valence-electron chi connectivity index (χ2n) is 5.07. The molecule has 2 atom stereocenters. The molecular weight excluding hydrogens is 284 g/mol. The third-order valence-corrected chi connectivity index (χ3v) is 5.53. The second kappa shape index (κ2) is 5.51. The number of hydrogen-bond donors (Lipinski definition) is 3. The summed E-state index contributed by atoms with van der Waals surface area (Å²) in [6.07, 6.45) is 2.32. The second-order valence-corrected chi connectivity index (χ2v) is 6.93. The first-order chi connectivity index (χ1) is 9.36. The maximum absolute atomic E-state index is 12.5. The Bertz CT molecular complexity index is 693. The number of aromatic nitrogens is 2. The number of nitrogens with zero attached hydrogens (tertiary/aromatic N) is 1. The van der Waals surface area contributed by atoms with E-state index in [-0.39, 0.29) is 12.6 Å². The summed E-state index contributed by atoms with van der Waals surface area (Å²) >= 11 is 0. The van der Waals surface area contributed by atoms with Crippen molar-refractivity contribution in [1.29, 1.82) is 0 Å². The van der Waals surface area contributed by atoms with Crippen LogP contribution >= 0.6 is 0 Å². The summed E-state index contributed by atoms with van der Waals surface area (Å²) < 4.78 is 26.3. The Kier molecular flexibility index (Phi) is 4.11. The Labute approximate surface area is 116 Å². The van der Waals surface area contributed by atoms with Gasteiger partial charge in [-0.25, -0.2) is 13.2 Å². The van der Waals surface area contributed by atoms with Gasteiger partial charge < -0.3 is 10.7 Å². The van der Waals surface area contributed by atoms with Gasteiger partial charge >= 0.3 is 5.69 Å². The summed E-state index contributed by atoms with van der Waals surface area (Å²) in [6.45, 7) is 2.56. The van der Waals surface area contributed by atoms with E-state index in [1.165, 1.54) is 4.31 Å². The van der Waals surface area contributed by atoms with Crippen molar-refractivity contribution >= 4 is 10.0 Å². The van der Waals surface area contributed by atoms with E-state index in [4.69, 9.17) is 5.73 Å². The molecule has 4 N–H and O–H groups in total. The largest absolute Gasteiger partial charge is 0.329 e. The number of nitrogens with two attached hydrogens (primary N) is 1. The highest BCUT2D eigenvalue weighted by Crippen LogP contribution is 2.26. The van der Waals surface area contributed by atoms with Gasteiger partial charge in [-0.2, -0.15) is 4.31 Å². The topological polar surface area (TPSA) is 129 Å². The number of H-pyrrole nitrogens is 2. The number of rotatable bonds is 3. The lowest BCUT2D eigenvalue weighted by atomic mass is 9.94. The molecule has 0 aliphatic carbocycles. The number of hydrogen-bond acceptors (Lipinski definition) is 5. The van der Waals surface area contributed by atoms with Crippen molar-refractivity contribution in [3.8, 4) is 0 Å². The fourth-order valence-corrected chi connectivity index (χ4v) is 4.13. The highest BCUT2D eigenvalue weighted by Gasteiger charge is 2.36. The predicted molar refractivity (Wildman–Crippen MR) is 72.8 cm³/mol. The highest BCUT2D eigenvalue weighted by atomic mass is 32.2. The van der Waals surface area contributed by atoms with Crippen molar-refractivity contribution in [2.75, 3.05) is 13.1 Å². The van der Waals surface area contributed by atoms with Crippen molar-refractivity contribution in [1.82, 2.24) is 14.3 Å². The van der Waals surface area contributed by atoms with E-state index in [0.717, 1.165) is 12.6 Å². The standard InChI is InChI=1S/C11H18N4O4S/c1-7-2-3-15(8(4-7)5-12)20(18,19)9-6-13-11(17)14-10(9)16/h6-8H,2-5,12H2,1H3,(H2,13,14,16,17). The lowest BCUT2D eigenvalue weighted by Gasteiger charge is -2.36. The van der Waals surface area contributed by atoms with E-state index in [0.29, 0.717) is 18.9 Å². The first kappa shape index (κ1) is 14.9. The molecule has 1 saturated heterocycles. The molecule has 8 nitrogen and oxygen atoms in total. The van der Waals surface area contributed by atoms with Crippen LogP contribution in [0.25, 0.3) is 0 Å². The molecule has 2 unspecified atom stereocenters. The Morgan fingerprint density at radius 3 is 2.75 bits per heavy atom. The fraction of sp³-hybridized carbons (Fsp3) is 0.636. The zero-order chi connectivity index (χ0) is 14.9. The molecule has 1 aliphatic rings. The fourth-order valence-electron chi connectivity index (χ4n) is 2.48. The Balaban J connectivity index is 2.43. The SMILES string of the molecule is CC1CCN(S(=O)(=O)c2c[nH]c(=O)[nH]c2=O)C(CN)C1. The molecule has 0 radical (unpaired) electrons. The van der Waals surface area contributed by atoms with E-state index in [2.05, 4.69) is 4.98 Å². The van der Waals surface area contributed by atoms with Crippen molar-refractivity contribution in [2.24, 2.45) is 11.7 Å². The molecule has 20 heavy (non-hydrogen) atoms. The van der Waals surface area contributed by atoms with E-state index >= 15 is 0 Å². The zero-order valence-corrected chi connectivity index (χ0v) is 11.9. The molecule has 1 aromatic rings. The van der Waals surface area contributed by atoms with Crippen LogP contribution in [0.1, 0.15) is 19.8 Å². The smallest absolute Gasteiger partial charge is 0.325 e. The minimum atomic E-state index is -3.95. The molecule has 2 heterocycles. The van der Waals surface area contributed by atoms with Crippen LogP contribution in [-0.2, 0) is 10.0 Å².